The van der Waals surface area contributed by atoms with Crippen molar-refractivity contribution < 1.29 is 33.3 Å². The Morgan fingerprint density at radius 3 is 2.18 bits per heavy atom. The van der Waals surface area contributed by atoms with Gasteiger partial charge in [0.25, 0.3) is 5.91 Å². The van der Waals surface area contributed by atoms with Gasteiger partial charge in [-0.15, -0.1) is 0 Å². The van der Waals surface area contributed by atoms with Crippen LogP contribution in [0, 0.1) is 0 Å². The molecule has 34 heavy (non-hydrogen) atoms. The number of hydrogen-bond acceptors (Lipinski definition) is 7. The molecule has 0 aliphatic carbocycles. The maximum atomic E-state index is 13.4. The molecule has 0 bridgehead atoms. The van der Waals surface area contributed by atoms with Crippen molar-refractivity contribution in [1.29, 1.82) is 0 Å². The standard InChI is InChI=1S/C26H29NO7/c1-16-24(26(29)34-6)20(15-18-14-19(30-2)8-10-21(18)31-3)25(28)27(16)12-11-17-7-9-22(32-4)23(13-17)33-5/h7-10,13-15H,11-12H2,1-6H3/b20-15-. The third-order valence-electron chi connectivity index (χ3n) is 5.71. The number of allylic oxidation sites excluding steroid dienone is 1. The van der Waals surface area contributed by atoms with Crippen molar-refractivity contribution in [3.8, 4) is 23.0 Å². The third-order valence-corrected chi connectivity index (χ3v) is 5.71. The number of rotatable bonds is 9. The van der Waals surface area contributed by atoms with E-state index >= 15 is 0 Å². The lowest BCUT2D eigenvalue weighted by molar-refractivity contribution is -0.136. The maximum absolute atomic E-state index is 13.4. The summed E-state index contributed by atoms with van der Waals surface area (Å²) < 4.78 is 26.4. The Bertz CT molecular complexity index is 1150. The largest absolute Gasteiger partial charge is 0.497 e. The molecule has 0 radical (unpaired) electrons. The predicted molar refractivity (Wildman–Crippen MR) is 127 cm³/mol. The molecule has 1 amide bonds. The van der Waals surface area contributed by atoms with Gasteiger partial charge in [-0.2, -0.15) is 0 Å². The molecule has 8 nitrogen and oxygen atoms in total. The topological polar surface area (TPSA) is 83.5 Å². The van der Waals surface area contributed by atoms with Gasteiger partial charge in [0, 0.05) is 17.8 Å². The van der Waals surface area contributed by atoms with Crippen molar-refractivity contribution in [3.05, 3.63) is 64.4 Å². The summed E-state index contributed by atoms with van der Waals surface area (Å²) in [4.78, 5) is 27.7. The fourth-order valence-corrected chi connectivity index (χ4v) is 3.88. The molecule has 0 fully saturated rings. The van der Waals surface area contributed by atoms with E-state index in [1.165, 1.54) is 14.2 Å². The second-order valence-electron chi connectivity index (χ2n) is 7.51. The Morgan fingerprint density at radius 2 is 1.56 bits per heavy atom. The van der Waals surface area contributed by atoms with E-state index in [0.29, 0.717) is 47.2 Å². The molecule has 0 atom stereocenters. The summed E-state index contributed by atoms with van der Waals surface area (Å²) in [6.45, 7) is 2.11. The van der Waals surface area contributed by atoms with Crippen LogP contribution in [0.1, 0.15) is 18.1 Å². The minimum absolute atomic E-state index is 0.227. The lowest BCUT2D eigenvalue weighted by Gasteiger charge is -2.18. The molecule has 0 N–H and O–H groups in total. The minimum Gasteiger partial charge on any atom is -0.497 e. The second kappa shape index (κ2) is 10.8. The van der Waals surface area contributed by atoms with Gasteiger partial charge in [0.2, 0.25) is 0 Å². The molecule has 0 spiro atoms. The second-order valence-corrected chi connectivity index (χ2v) is 7.51. The highest BCUT2D eigenvalue weighted by Gasteiger charge is 2.37. The van der Waals surface area contributed by atoms with E-state index in [-0.39, 0.29) is 17.1 Å². The van der Waals surface area contributed by atoms with E-state index < -0.39 is 5.97 Å². The van der Waals surface area contributed by atoms with E-state index in [4.69, 9.17) is 23.7 Å². The average Bonchev–Trinajstić information content (AvgIpc) is 3.10. The first-order chi connectivity index (χ1) is 16.4. The Kier molecular flexibility index (Phi) is 7.83. The highest BCUT2D eigenvalue weighted by atomic mass is 16.5. The zero-order chi connectivity index (χ0) is 24.8. The van der Waals surface area contributed by atoms with Crippen molar-refractivity contribution in [1.82, 2.24) is 4.90 Å². The van der Waals surface area contributed by atoms with E-state index in [2.05, 4.69) is 0 Å². The Hall–Kier alpha value is -3.94. The van der Waals surface area contributed by atoms with Gasteiger partial charge in [-0.05, 0) is 55.3 Å². The zero-order valence-electron chi connectivity index (χ0n) is 20.3. The van der Waals surface area contributed by atoms with Crippen LogP contribution in [0.15, 0.2) is 53.2 Å². The molecule has 3 rings (SSSR count). The molecule has 1 heterocycles. The Morgan fingerprint density at radius 1 is 0.882 bits per heavy atom. The molecule has 0 aromatic heterocycles. The van der Waals surface area contributed by atoms with Crippen LogP contribution in [0.25, 0.3) is 6.08 Å². The van der Waals surface area contributed by atoms with Gasteiger partial charge in [0.1, 0.15) is 11.5 Å². The van der Waals surface area contributed by atoms with Crippen molar-refractivity contribution in [2.75, 3.05) is 42.1 Å². The monoisotopic (exact) mass is 467 g/mol. The van der Waals surface area contributed by atoms with Gasteiger partial charge in [-0.1, -0.05) is 6.07 Å². The molecule has 1 aliphatic rings. The molecular formula is C26H29NO7. The SMILES string of the molecule is COC(=O)C1=C(C)N(CCc2ccc(OC)c(OC)c2)C(=O)/C1=C\c1cc(OC)ccc1OC. The van der Waals surface area contributed by atoms with Gasteiger partial charge in [-0.3, -0.25) is 4.79 Å². The van der Waals surface area contributed by atoms with Gasteiger partial charge < -0.3 is 28.6 Å². The highest BCUT2D eigenvalue weighted by Crippen LogP contribution is 2.35. The van der Waals surface area contributed by atoms with Crippen LogP contribution < -0.4 is 18.9 Å². The van der Waals surface area contributed by atoms with Gasteiger partial charge in [-0.25, -0.2) is 4.79 Å². The normalized spacial score (nSPS) is 14.5. The molecule has 1 aliphatic heterocycles. The predicted octanol–water partition coefficient (Wildman–Crippen LogP) is 3.64. The number of amides is 1. The van der Waals surface area contributed by atoms with Crippen molar-refractivity contribution in [2.24, 2.45) is 0 Å². The number of ether oxygens (including phenoxy) is 5. The van der Waals surface area contributed by atoms with Crippen molar-refractivity contribution >= 4 is 18.0 Å². The van der Waals surface area contributed by atoms with Gasteiger partial charge in [0.05, 0.1) is 46.7 Å². The zero-order valence-corrected chi connectivity index (χ0v) is 20.3. The van der Waals surface area contributed by atoms with Crippen LogP contribution in [0.4, 0.5) is 0 Å². The van der Waals surface area contributed by atoms with E-state index in [9.17, 15) is 9.59 Å². The van der Waals surface area contributed by atoms with Crippen LogP contribution in [0.5, 0.6) is 23.0 Å². The van der Waals surface area contributed by atoms with Crippen molar-refractivity contribution in [3.63, 3.8) is 0 Å². The molecule has 2 aromatic rings. The highest BCUT2D eigenvalue weighted by molar-refractivity contribution is 6.16. The van der Waals surface area contributed by atoms with E-state index in [1.54, 1.807) is 57.4 Å². The Labute approximate surface area is 199 Å². The number of carbonyl (C=O) groups excluding carboxylic acids is 2. The molecule has 0 saturated carbocycles. The summed E-state index contributed by atoms with van der Waals surface area (Å²) in [7, 11) is 7.54. The van der Waals surface area contributed by atoms with Gasteiger partial charge in [0.15, 0.2) is 11.5 Å². The fourth-order valence-electron chi connectivity index (χ4n) is 3.88. The summed E-state index contributed by atoms with van der Waals surface area (Å²) in [5.41, 5.74) is 2.57. The first-order valence-corrected chi connectivity index (χ1v) is 10.6. The lowest BCUT2D eigenvalue weighted by atomic mass is 10.0. The summed E-state index contributed by atoms with van der Waals surface area (Å²) in [5.74, 6) is 1.53. The third kappa shape index (κ3) is 4.85. The number of hydrogen-bond donors (Lipinski definition) is 0. The number of esters is 1. The fraction of sp³-hybridized carbons (Fsp3) is 0.308. The summed E-state index contributed by atoms with van der Waals surface area (Å²) in [6, 6.07) is 10.9. The van der Waals surface area contributed by atoms with E-state index in [1.807, 2.05) is 18.2 Å². The molecular weight excluding hydrogens is 438 g/mol. The molecule has 180 valence electrons. The average molecular weight is 468 g/mol. The Balaban J connectivity index is 1.96. The number of benzene rings is 2. The first-order valence-electron chi connectivity index (χ1n) is 10.6. The number of nitrogens with zero attached hydrogens (tertiary/aromatic N) is 1. The maximum Gasteiger partial charge on any atom is 0.340 e. The van der Waals surface area contributed by atoms with Crippen LogP contribution in [-0.2, 0) is 20.7 Å². The molecule has 2 aromatic carbocycles. The quantitative estimate of drug-likeness (QED) is 0.411. The minimum atomic E-state index is -0.576. The van der Waals surface area contributed by atoms with Gasteiger partial charge >= 0.3 is 5.97 Å². The van der Waals surface area contributed by atoms with Crippen LogP contribution >= 0.6 is 0 Å². The molecule has 8 heteroatoms. The summed E-state index contributed by atoms with van der Waals surface area (Å²) in [6.07, 6.45) is 2.18. The molecule has 0 unspecified atom stereocenters. The van der Waals surface area contributed by atoms with Crippen LogP contribution in [0.2, 0.25) is 0 Å². The van der Waals surface area contributed by atoms with E-state index in [0.717, 1.165) is 5.56 Å². The van der Waals surface area contributed by atoms with Crippen molar-refractivity contribution in [2.45, 2.75) is 13.3 Å². The van der Waals surface area contributed by atoms with Crippen LogP contribution in [-0.4, -0.2) is 58.9 Å². The van der Waals surface area contributed by atoms with Crippen LogP contribution in [0.3, 0.4) is 0 Å². The first kappa shape index (κ1) is 24.7. The smallest absolute Gasteiger partial charge is 0.340 e. The summed E-state index contributed by atoms with van der Waals surface area (Å²) >= 11 is 0. The number of carbonyl (C=O) groups is 2. The lowest BCUT2D eigenvalue weighted by Crippen LogP contribution is -2.27. The summed E-state index contributed by atoms with van der Waals surface area (Å²) in [5, 5.41) is 0. The molecule has 0 saturated heterocycles. The number of methoxy groups -OCH3 is 5.